The molecule has 6 nitrogen and oxygen atoms in total. The van der Waals surface area contributed by atoms with Crippen molar-refractivity contribution in [3.05, 3.63) is 24.2 Å². The number of nitrogens with one attached hydrogen (secondary N) is 1. The quantitative estimate of drug-likeness (QED) is 0.754. The summed E-state index contributed by atoms with van der Waals surface area (Å²) in [4.78, 5) is 25.0. The number of carbonyl (C=O) groups excluding carboxylic acids is 2. The molecule has 1 aromatic rings. The maximum atomic E-state index is 11.8. The van der Waals surface area contributed by atoms with Crippen LogP contribution in [0.5, 0.6) is 0 Å². The van der Waals surface area contributed by atoms with Gasteiger partial charge in [-0.05, 0) is 25.0 Å². The Morgan fingerprint density at radius 2 is 2.25 bits per heavy atom. The number of likely N-dealkylation sites (tertiary alicyclic amines) is 1. The SMILES string of the molecule is CCC1(O)CN(C(=O)CCCNC(=O)c2ccco2)C1. The molecule has 2 heterocycles. The van der Waals surface area contributed by atoms with Crippen LogP contribution in [0.1, 0.15) is 36.7 Å². The minimum atomic E-state index is -0.691. The molecule has 1 aliphatic heterocycles. The van der Waals surface area contributed by atoms with E-state index < -0.39 is 5.60 Å². The number of aliphatic hydroxyl groups is 1. The molecule has 0 atom stereocenters. The first-order chi connectivity index (χ1) is 9.54. The second kappa shape index (κ2) is 6.09. The molecule has 0 bridgehead atoms. The summed E-state index contributed by atoms with van der Waals surface area (Å²) in [6.07, 6.45) is 3.05. The highest BCUT2D eigenvalue weighted by molar-refractivity contribution is 5.91. The fourth-order valence-electron chi connectivity index (χ4n) is 2.16. The third kappa shape index (κ3) is 3.39. The van der Waals surface area contributed by atoms with Crippen LogP contribution in [0.4, 0.5) is 0 Å². The zero-order valence-corrected chi connectivity index (χ0v) is 11.6. The standard InChI is InChI=1S/C14H20N2O4/c1-2-14(19)9-16(10-14)12(17)6-3-7-15-13(18)11-5-4-8-20-11/h4-5,8,19H,2-3,6-7,9-10H2,1H3,(H,15,18). The van der Waals surface area contributed by atoms with Gasteiger partial charge in [-0.2, -0.15) is 0 Å². The van der Waals surface area contributed by atoms with Gasteiger partial charge in [0.25, 0.3) is 5.91 Å². The van der Waals surface area contributed by atoms with Crippen molar-refractivity contribution < 1.29 is 19.1 Å². The topological polar surface area (TPSA) is 82.8 Å². The van der Waals surface area contributed by atoms with Crippen molar-refractivity contribution in [1.29, 1.82) is 0 Å². The first kappa shape index (κ1) is 14.6. The summed E-state index contributed by atoms with van der Waals surface area (Å²) < 4.78 is 4.96. The van der Waals surface area contributed by atoms with Crippen molar-refractivity contribution in [2.45, 2.75) is 31.8 Å². The highest BCUT2D eigenvalue weighted by Crippen LogP contribution is 2.24. The van der Waals surface area contributed by atoms with Crippen LogP contribution in [0, 0.1) is 0 Å². The molecule has 1 aromatic heterocycles. The highest BCUT2D eigenvalue weighted by Gasteiger charge is 2.41. The molecule has 0 saturated carbocycles. The van der Waals surface area contributed by atoms with Gasteiger partial charge in [0.1, 0.15) is 0 Å². The third-order valence-electron chi connectivity index (χ3n) is 3.58. The Hall–Kier alpha value is -1.82. The molecule has 1 saturated heterocycles. The largest absolute Gasteiger partial charge is 0.459 e. The van der Waals surface area contributed by atoms with E-state index in [0.717, 1.165) is 0 Å². The Morgan fingerprint density at radius 3 is 2.85 bits per heavy atom. The highest BCUT2D eigenvalue weighted by atomic mass is 16.3. The second-order valence-electron chi connectivity index (χ2n) is 5.16. The molecule has 0 radical (unpaired) electrons. The predicted molar refractivity (Wildman–Crippen MR) is 72.1 cm³/mol. The van der Waals surface area contributed by atoms with Crippen molar-refractivity contribution in [2.24, 2.45) is 0 Å². The van der Waals surface area contributed by atoms with Crippen molar-refractivity contribution >= 4 is 11.8 Å². The molecule has 0 unspecified atom stereocenters. The molecule has 20 heavy (non-hydrogen) atoms. The van der Waals surface area contributed by atoms with Gasteiger partial charge in [0, 0.05) is 13.0 Å². The van der Waals surface area contributed by atoms with Crippen LogP contribution in [0.15, 0.2) is 22.8 Å². The molecule has 2 amide bonds. The first-order valence-electron chi connectivity index (χ1n) is 6.86. The number of β-amino-alcohol motifs (C(OH)–C–C–N with tert-alkyl or cyclic N) is 1. The average molecular weight is 280 g/mol. The summed E-state index contributed by atoms with van der Waals surface area (Å²) in [5.74, 6) is 0.0224. The van der Waals surface area contributed by atoms with Gasteiger partial charge in [-0.1, -0.05) is 6.92 Å². The van der Waals surface area contributed by atoms with Crippen LogP contribution in [0.3, 0.4) is 0 Å². The number of hydrogen-bond acceptors (Lipinski definition) is 4. The fourth-order valence-corrected chi connectivity index (χ4v) is 2.16. The van der Waals surface area contributed by atoms with Gasteiger partial charge in [0.05, 0.1) is 25.0 Å². The van der Waals surface area contributed by atoms with Crippen molar-refractivity contribution in [3.8, 4) is 0 Å². The van der Waals surface area contributed by atoms with Crippen LogP contribution in [0.2, 0.25) is 0 Å². The molecule has 2 rings (SSSR count). The van der Waals surface area contributed by atoms with Gasteiger partial charge in [0.2, 0.25) is 5.91 Å². The summed E-state index contributed by atoms with van der Waals surface area (Å²) in [7, 11) is 0. The van der Waals surface area contributed by atoms with E-state index in [0.29, 0.717) is 38.9 Å². The Balaban J connectivity index is 1.60. The normalized spacial score (nSPS) is 16.6. The van der Waals surface area contributed by atoms with E-state index in [1.165, 1.54) is 6.26 Å². The monoisotopic (exact) mass is 280 g/mol. The lowest BCUT2D eigenvalue weighted by molar-refractivity contribution is -0.155. The summed E-state index contributed by atoms with van der Waals surface area (Å²) >= 11 is 0. The molecule has 2 N–H and O–H groups in total. The molecular weight excluding hydrogens is 260 g/mol. The van der Waals surface area contributed by atoms with E-state index in [1.54, 1.807) is 17.0 Å². The maximum Gasteiger partial charge on any atom is 0.286 e. The maximum absolute atomic E-state index is 11.8. The van der Waals surface area contributed by atoms with Crippen LogP contribution in [0.25, 0.3) is 0 Å². The third-order valence-corrected chi connectivity index (χ3v) is 3.58. The molecule has 110 valence electrons. The van der Waals surface area contributed by atoms with E-state index >= 15 is 0 Å². The van der Waals surface area contributed by atoms with Gasteiger partial charge < -0.3 is 19.7 Å². The van der Waals surface area contributed by atoms with Crippen molar-refractivity contribution in [3.63, 3.8) is 0 Å². The lowest BCUT2D eigenvalue weighted by Gasteiger charge is -2.46. The molecule has 6 heteroatoms. The first-order valence-corrected chi connectivity index (χ1v) is 6.86. The number of nitrogens with zero attached hydrogens (tertiary/aromatic N) is 1. The van der Waals surface area contributed by atoms with Crippen LogP contribution in [-0.2, 0) is 4.79 Å². The Morgan fingerprint density at radius 1 is 1.50 bits per heavy atom. The Labute approximate surface area is 117 Å². The lowest BCUT2D eigenvalue weighted by Crippen LogP contribution is -2.63. The zero-order valence-electron chi connectivity index (χ0n) is 11.6. The molecule has 1 aliphatic rings. The molecule has 1 fully saturated rings. The minimum absolute atomic E-state index is 0.0235. The van der Waals surface area contributed by atoms with Gasteiger partial charge in [-0.3, -0.25) is 9.59 Å². The van der Waals surface area contributed by atoms with Gasteiger partial charge in [-0.25, -0.2) is 0 Å². The fraction of sp³-hybridized carbons (Fsp3) is 0.571. The summed E-state index contributed by atoms with van der Waals surface area (Å²) in [5, 5.41) is 12.5. The van der Waals surface area contributed by atoms with Crippen LogP contribution in [-0.4, -0.2) is 47.1 Å². The molecule has 0 spiro atoms. The van der Waals surface area contributed by atoms with Crippen molar-refractivity contribution in [2.75, 3.05) is 19.6 Å². The van der Waals surface area contributed by atoms with E-state index in [2.05, 4.69) is 5.32 Å². The van der Waals surface area contributed by atoms with Crippen LogP contribution >= 0.6 is 0 Å². The number of hydrogen-bond donors (Lipinski definition) is 2. The number of carbonyl (C=O) groups is 2. The number of furan rings is 1. The van der Waals surface area contributed by atoms with E-state index in [9.17, 15) is 14.7 Å². The number of rotatable bonds is 6. The molecular formula is C14H20N2O4. The van der Waals surface area contributed by atoms with Crippen LogP contribution < -0.4 is 5.32 Å². The number of amides is 2. The smallest absolute Gasteiger partial charge is 0.286 e. The van der Waals surface area contributed by atoms with E-state index in [4.69, 9.17) is 4.42 Å². The zero-order chi connectivity index (χ0) is 14.6. The second-order valence-corrected chi connectivity index (χ2v) is 5.16. The molecule has 0 aromatic carbocycles. The summed E-state index contributed by atoms with van der Waals surface area (Å²) in [5.41, 5.74) is -0.691. The Bertz CT molecular complexity index is 464. The Kier molecular flexibility index (Phi) is 4.44. The average Bonchev–Trinajstić information content (AvgIpc) is 2.93. The van der Waals surface area contributed by atoms with E-state index in [-0.39, 0.29) is 17.6 Å². The molecule has 0 aliphatic carbocycles. The van der Waals surface area contributed by atoms with Gasteiger partial charge in [-0.15, -0.1) is 0 Å². The minimum Gasteiger partial charge on any atom is -0.459 e. The summed E-state index contributed by atoms with van der Waals surface area (Å²) in [6.45, 7) is 3.17. The van der Waals surface area contributed by atoms with E-state index in [1.807, 2.05) is 6.92 Å². The van der Waals surface area contributed by atoms with Gasteiger partial charge >= 0.3 is 0 Å². The van der Waals surface area contributed by atoms with Gasteiger partial charge in [0.15, 0.2) is 5.76 Å². The summed E-state index contributed by atoms with van der Waals surface area (Å²) in [6, 6.07) is 3.24. The van der Waals surface area contributed by atoms with Crippen molar-refractivity contribution in [1.82, 2.24) is 10.2 Å². The lowest BCUT2D eigenvalue weighted by atomic mass is 9.91. The predicted octanol–water partition coefficient (Wildman–Crippen LogP) is 0.773.